The van der Waals surface area contributed by atoms with Gasteiger partial charge in [-0.25, -0.2) is 8.42 Å². The van der Waals surface area contributed by atoms with Crippen LogP contribution in [-0.4, -0.2) is 26.7 Å². The highest BCUT2D eigenvalue weighted by Gasteiger charge is 2.34. The van der Waals surface area contributed by atoms with Crippen molar-refractivity contribution in [3.8, 4) is 5.75 Å². The number of alkyl halides is 6. The third-order valence-corrected chi connectivity index (χ3v) is 6.85. The summed E-state index contributed by atoms with van der Waals surface area (Å²) in [5, 5.41) is 2.83. The molecule has 0 aromatic heterocycles. The van der Waals surface area contributed by atoms with Gasteiger partial charge >= 0.3 is 12.4 Å². The average Bonchev–Trinajstić information content (AvgIpc) is 2.88. The second-order valence-electron chi connectivity index (χ2n) is 8.66. The lowest BCUT2D eigenvalue weighted by Gasteiger charge is -2.13. The van der Waals surface area contributed by atoms with Crippen molar-refractivity contribution in [3.63, 3.8) is 0 Å². The van der Waals surface area contributed by atoms with Crippen molar-refractivity contribution in [3.05, 3.63) is 76.8 Å². The maximum absolute atomic E-state index is 12.7. The molecule has 16 heteroatoms. The van der Waals surface area contributed by atoms with Crippen molar-refractivity contribution in [2.75, 3.05) is 33.9 Å². The minimum atomic E-state index is -4.62. The fourth-order valence-corrected chi connectivity index (χ4v) is 4.57. The Labute approximate surface area is 243 Å². The van der Waals surface area contributed by atoms with Gasteiger partial charge in [0.15, 0.2) is 6.61 Å². The van der Waals surface area contributed by atoms with Gasteiger partial charge in [0.2, 0.25) is 10.0 Å². The Morgan fingerprint density at radius 1 is 0.857 bits per heavy atom. The molecule has 1 amide bonds. The molecule has 3 aromatic rings. The molecule has 0 fully saturated rings. The highest BCUT2D eigenvalue weighted by atomic mass is 35.5. The van der Waals surface area contributed by atoms with E-state index < -0.39 is 50.8 Å². The fraction of sp³-hybridized carbons (Fsp3) is 0.269. The third-order valence-electron chi connectivity index (χ3n) is 5.22. The van der Waals surface area contributed by atoms with Crippen molar-refractivity contribution < 1.29 is 44.3 Å². The van der Waals surface area contributed by atoms with E-state index in [-0.39, 0.29) is 23.7 Å². The van der Waals surface area contributed by atoms with Crippen LogP contribution in [-0.2, 0) is 27.2 Å². The lowest BCUT2D eigenvalue weighted by atomic mass is 10.1. The van der Waals surface area contributed by atoms with E-state index in [2.05, 4.69) is 10.0 Å². The normalized spacial score (nSPS) is 11.7. The zero-order chi connectivity index (χ0) is 31.7. The largest absolute Gasteiger partial charge is 0.484 e. The highest BCUT2D eigenvalue weighted by Crippen LogP contribution is 2.36. The summed E-state index contributed by atoms with van der Waals surface area (Å²) in [6.45, 7) is 1.47. The van der Waals surface area contributed by atoms with Crippen LogP contribution in [0.4, 0.5) is 49.1 Å². The van der Waals surface area contributed by atoms with Crippen molar-refractivity contribution in [2.45, 2.75) is 32.1 Å². The average molecular weight is 641 g/mol. The molecule has 3 aromatic carbocycles. The topological polar surface area (TPSA) is 137 Å². The molecule has 3 rings (SSSR count). The molecule has 42 heavy (non-hydrogen) atoms. The van der Waals surface area contributed by atoms with E-state index in [0.717, 1.165) is 18.2 Å². The number of ether oxygens (including phenoxy) is 1. The number of carbonyl (C=O) groups excluding carboxylic acids is 1. The van der Waals surface area contributed by atoms with Crippen molar-refractivity contribution >= 4 is 50.3 Å². The summed E-state index contributed by atoms with van der Waals surface area (Å²) in [7, 11) is -3.63. The summed E-state index contributed by atoms with van der Waals surface area (Å²) < 4.78 is 107. The smallest absolute Gasteiger partial charge is 0.418 e. The fourth-order valence-electron chi connectivity index (χ4n) is 3.19. The zero-order valence-corrected chi connectivity index (χ0v) is 23.5. The molecule has 0 bridgehead atoms. The minimum absolute atomic E-state index is 0.0174. The van der Waals surface area contributed by atoms with Crippen LogP contribution in [0.2, 0.25) is 5.02 Å². The van der Waals surface area contributed by atoms with Crippen LogP contribution in [0, 0.1) is 0 Å². The number of halogens is 7. The molecule has 0 radical (unpaired) electrons. The Hall–Kier alpha value is -3.85. The number of nitrogen functional groups attached to an aromatic ring is 2. The van der Waals surface area contributed by atoms with Gasteiger partial charge in [-0.15, -0.1) is 0 Å². The van der Waals surface area contributed by atoms with E-state index in [9.17, 15) is 39.6 Å². The SMILES string of the molecule is CCCCS(=O)(=O)Nc1ccc(N)c(C(F)(F)F)c1.Nc1ccc(NC(=O)COc2ccc(Cl)cc2)cc1C(F)(F)F. The van der Waals surface area contributed by atoms with Gasteiger partial charge in [-0.3, -0.25) is 9.52 Å². The lowest BCUT2D eigenvalue weighted by Crippen LogP contribution is -2.20. The number of rotatable bonds is 9. The molecule has 0 aliphatic carbocycles. The number of sulfonamides is 1. The van der Waals surface area contributed by atoms with Crippen LogP contribution in [0.15, 0.2) is 60.7 Å². The number of anilines is 4. The summed E-state index contributed by atoms with van der Waals surface area (Å²) in [4.78, 5) is 11.7. The quantitative estimate of drug-likeness (QED) is 0.150. The highest BCUT2D eigenvalue weighted by molar-refractivity contribution is 7.92. The van der Waals surface area contributed by atoms with Crippen molar-refractivity contribution in [2.24, 2.45) is 0 Å². The minimum Gasteiger partial charge on any atom is -0.484 e. The van der Waals surface area contributed by atoms with Crippen LogP contribution < -0.4 is 26.2 Å². The monoisotopic (exact) mass is 640 g/mol. The van der Waals surface area contributed by atoms with E-state index in [4.69, 9.17) is 27.8 Å². The zero-order valence-electron chi connectivity index (χ0n) is 21.9. The van der Waals surface area contributed by atoms with E-state index in [1.165, 1.54) is 12.1 Å². The van der Waals surface area contributed by atoms with Crippen LogP contribution in [0.25, 0.3) is 0 Å². The van der Waals surface area contributed by atoms with Gasteiger partial charge in [0, 0.05) is 27.8 Å². The number of unbranched alkanes of at least 4 members (excludes halogenated alkanes) is 1. The van der Waals surface area contributed by atoms with Crippen molar-refractivity contribution in [1.82, 2.24) is 0 Å². The summed E-state index contributed by atoms with van der Waals surface area (Å²) in [5.41, 5.74) is 7.44. The van der Waals surface area contributed by atoms with Gasteiger partial charge in [0.25, 0.3) is 5.91 Å². The Morgan fingerprint density at radius 2 is 1.36 bits per heavy atom. The molecule has 0 spiro atoms. The summed E-state index contributed by atoms with van der Waals surface area (Å²) in [6, 6.07) is 12.4. The third kappa shape index (κ3) is 11.2. The van der Waals surface area contributed by atoms with Gasteiger partial charge in [-0.2, -0.15) is 26.3 Å². The van der Waals surface area contributed by atoms with E-state index >= 15 is 0 Å². The molecular weight excluding hydrogens is 614 g/mol. The first-order chi connectivity index (χ1) is 19.4. The van der Waals surface area contributed by atoms with E-state index in [1.54, 1.807) is 24.3 Å². The molecule has 0 atom stereocenters. The van der Waals surface area contributed by atoms with Crippen LogP contribution >= 0.6 is 11.6 Å². The standard InChI is InChI=1S/C15H12ClF3N2O2.C11H15F3N2O2S/c16-9-1-4-11(5-2-9)23-8-14(22)21-10-3-6-13(20)12(7-10)15(17,18)19;1-2-3-6-19(17,18)16-8-4-5-10(15)9(7-8)11(12,13)14/h1-7H,8,20H2,(H,21,22);4-5,7,16H,2-3,6,15H2,1H3. The molecule has 6 N–H and O–H groups in total. The first kappa shape index (κ1) is 34.4. The molecule has 0 unspecified atom stereocenters. The predicted molar refractivity (Wildman–Crippen MR) is 150 cm³/mol. The number of nitrogens with one attached hydrogen (secondary N) is 2. The molecule has 0 aliphatic heterocycles. The van der Waals surface area contributed by atoms with E-state index in [1.807, 2.05) is 6.92 Å². The first-order valence-electron chi connectivity index (χ1n) is 12.0. The number of amides is 1. The Balaban J connectivity index is 0.000000299. The number of nitrogens with two attached hydrogens (primary N) is 2. The predicted octanol–water partition coefficient (Wildman–Crippen LogP) is 6.79. The van der Waals surface area contributed by atoms with Gasteiger partial charge in [-0.1, -0.05) is 24.9 Å². The Kier molecular flexibility index (Phi) is 11.7. The molecule has 0 saturated heterocycles. The number of hydrogen-bond acceptors (Lipinski definition) is 6. The lowest BCUT2D eigenvalue weighted by molar-refractivity contribution is -0.137. The van der Waals surface area contributed by atoms with Gasteiger partial charge in [0.1, 0.15) is 5.75 Å². The second-order valence-corrected chi connectivity index (χ2v) is 10.9. The molecule has 0 heterocycles. The van der Waals surface area contributed by atoms with Gasteiger partial charge in [0.05, 0.1) is 16.9 Å². The number of carbonyl (C=O) groups is 1. The van der Waals surface area contributed by atoms with Crippen LogP contribution in [0.5, 0.6) is 5.75 Å². The Bertz CT molecular complexity index is 1470. The summed E-state index contributed by atoms with van der Waals surface area (Å²) >= 11 is 5.71. The van der Waals surface area contributed by atoms with Gasteiger partial charge in [-0.05, 0) is 67.1 Å². The molecule has 0 saturated carbocycles. The van der Waals surface area contributed by atoms with Gasteiger partial charge < -0.3 is 21.5 Å². The van der Waals surface area contributed by atoms with Crippen molar-refractivity contribution in [1.29, 1.82) is 0 Å². The molecule has 8 nitrogen and oxygen atoms in total. The van der Waals surface area contributed by atoms with Crippen LogP contribution in [0.3, 0.4) is 0 Å². The Morgan fingerprint density at radius 3 is 1.86 bits per heavy atom. The van der Waals surface area contributed by atoms with E-state index in [0.29, 0.717) is 29.7 Å². The number of benzene rings is 3. The maximum Gasteiger partial charge on any atom is 0.418 e. The second kappa shape index (κ2) is 14.4. The first-order valence-corrected chi connectivity index (χ1v) is 14.1. The van der Waals surface area contributed by atoms with Crippen LogP contribution in [0.1, 0.15) is 30.9 Å². The summed E-state index contributed by atoms with van der Waals surface area (Å²) in [5.74, 6) is -0.314. The molecule has 230 valence electrons. The molecule has 0 aliphatic rings. The maximum atomic E-state index is 12.7. The summed E-state index contributed by atoms with van der Waals surface area (Å²) in [6.07, 6.45) is -8.09. The number of hydrogen-bond donors (Lipinski definition) is 4. The molecular formula is C26H27ClF6N4O4S.